The highest BCUT2D eigenvalue weighted by molar-refractivity contribution is 5.64. The molecule has 0 aliphatic rings. The summed E-state index contributed by atoms with van der Waals surface area (Å²) in [5.41, 5.74) is -0.427. The van der Waals surface area contributed by atoms with E-state index in [1.807, 2.05) is 6.92 Å². The van der Waals surface area contributed by atoms with Crippen molar-refractivity contribution in [2.75, 3.05) is 25.7 Å². The van der Waals surface area contributed by atoms with E-state index in [0.717, 1.165) is 19.0 Å². The van der Waals surface area contributed by atoms with Crippen molar-refractivity contribution in [2.24, 2.45) is 0 Å². The molecular weight excluding hydrogens is 335 g/mol. The Balaban J connectivity index is 2.41. The van der Waals surface area contributed by atoms with E-state index in [9.17, 15) is 13.2 Å². The van der Waals surface area contributed by atoms with Gasteiger partial charge in [-0.1, -0.05) is 19.4 Å². The van der Waals surface area contributed by atoms with Crippen molar-refractivity contribution in [1.29, 1.82) is 0 Å². The van der Waals surface area contributed by atoms with Gasteiger partial charge in [0, 0.05) is 25.0 Å². The fourth-order valence-electron chi connectivity index (χ4n) is 2.13. The predicted octanol–water partition coefficient (Wildman–Crippen LogP) is 4.45. The molecule has 0 atom stereocenters. The van der Waals surface area contributed by atoms with E-state index in [1.165, 1.54) is 19.1 Å². The summed E-state index contributed by atoms with van der Waals surface area (Å²) >= 11 is 0. The first-order valence-corrected chi connectivity index (χ1v) is 7.81. The van der Waals surface area contributed by atoms with E-state index in [2.05, 4.69) is 9.97 Å². The molecule has 0 radical (unpaired) electrons. The van der Waals surface area contributed by atoms with Crippen molar-refractivity contribution < 1.29 is 22.6 Å². The molecular formula is C17H20F3N3O2. The summed E-state index contributed by atoms with van der Waals surface area (Å²) in [6, 6.07) is 6.62. The Labute approximate surface area is 144 Å². The maximum Gasteiger partial charge on any atom is 0.421 e. The van der Waals surface area contributed by atoms with Gasteiger partial charge in [-0.15, -0.1) is 0 Å². The van der Waals surface area contributed by atoms with Crippen molar-refractivity contribution in [1.82, 2.24) is 9.97 Å². The van der Waals surface area contributed by atoms with E-state index in [-0.39, 0.29) is 11.8 Å². The number of rotatable bonds is 7. The van der Waals surface area contributed by atoms with Crippen molar-refractivity contribution in [2.45, 2.75) is 25.9 Å². The van der Waals surface area contributed by atoms with E-state index in [4.69, 9.17) is 9.47 Å². The summed E-state index contributed by atoms with van der Waals surface area (Å²) in [4.78, 5) is 8.99. The van der Waals surface area contributed by atoms with E-state index >= 15 is 0 Å². The molecule has 0 unspecified atom stereocenters. The van der Waals surface area contributed by atoms with Gasteiger partial charge in [0.15, 0.2) is 5.82 Å². The lowest BCUT2D eigenvalue weighted by Crippen LogP contribution is -2.19. The molecule has 0 saturated carbocycles. The molecule has 8 heteroatoms. The van der Waals surface area contributed by atoms with Gasteiger partial charge in [0.25, 0.3) is 0 Å². The third-order valence-corrected chi connectivity index (χ3v) is 3.54. The third kappa shape index (κ3) is 4.74. The molecule has 2 rings (SSSR count). The zero-order valence-electron chi connectivity index (χ0n) is 14.3. The fourth-order valence-corrected chi connectivity index (χ4v) is 2.13. The van der Waals surface area contributed by atoms with Crippen LogP contribution in [0.2, 0.25) is 0 Å². The Morgan fingerprint density at radius 1 is 1.24 bits per heavy atom. The first kappa shape index (κ1) is 18.8. The number of unbranched alkanes of at least 4 members (excludes halogenated alkanes) is 1. The third-order valence-electron chi connectivity index (χ3n) is 3.54. The van der Waals surface area contributed by atoms with E-state index in [1.54, 1.807) is 24.3 Å². The van der Waals surface area contributed by atoms with Gasteiger partial charge < -0.3 is 14.4 Å². The molecule has 0 spiro atoms. The van der Waals surface area contributed by atoms with Gasteiger partial charge in [0.2, 0.25) is 0 Å². The van der Waals surface area contributed by atoms with Gasteiger partial charge in [0.1, 0.15) is 11.3 Å². The number of aromatic nitrogens is 2. The highest BCUT2D eigenvalue weighted by Crippen LogP contribution is 2.38. The lowest BCUT2D eigenvalue weighted by atomic mass is 10.2. The number of nitrogens with zero attached hydrogens (tertiary/aromatic N) is 3. The molecule has 0 saturated heterocycles. The molecule has 0 fully saturated rings. The van der Waals surface area contributed by atoms with Crippen molar-refractivity contribution in [3.63, 3.8) is 0 Å². The molecule has 1 aromatic carbocycles. The van der Waals surface area contributed by atoms with Crippen LogP contribution < -0.4 is 14.4 Å². The maximum absolute atomic E-state index is 13.3. The molecule has 0 aliphatic heterocycles. The molecule has 25 heavy (non-hydrogen) atoms. The normalized spacial score (nSPS) is 11.3. The van der Waals surface area contributed by atoms with E-state index < -0.39 is 11.7 Å². The number of hydrogen-bond acceptors (Lipinski definition) is 5. The zero-order valence-corrected chi connectivity index (χ0v) is 14.3. The molecule has 2 aromatic rings. The van der Waals surface area contributed by atoms with Gasteiger partial charge in [-0.25, -0.2) is 4.98 Å². The van der Waals surface area contributed by atoms with Gasteiger partial charge >= 0.3 is 12.2 Å². The van der Waals surface area contributed by atoms with Crippen molar-refractivity contribution in [3.8, 4) is 11.8 Å². The minimum Gasteiger partial charge on any atom is -0.497 e. The molecule has 0 amide bonds. The highest BCUT2D eigenvalue weighted by Gasteiger charge is 2.36. The summed E-state index contributed by atoms with van der Waals surface area (Å²) in [5, 5.41) is 0. The van der Waals surface area contributed by atoms with Crippen LogP contribution in [0, 0.1) is 0 Å². The number of methoxy groups -OCH3 is 1. The SMILES string of the molecule is CCCCOc1ncc(C(F)(F)F)c(N(C)c2cccc(OC)c2)n1. The summed E-state index contributed by atoms with van der Waals surface area (Å²) < 4.78 is 50.5. The standard InChI is InChI=1S/C17H20F3N3O2/c1-4-5-9-25-16-21-11-14(17(18,19)20)15(22-16)23(2)12-7-6-8-13(10-12)24-3/h6-8,10-11H,4-5,9H2,1-3H3. The molecule has 1 heterocycles. The molecule has 0 N–H and O–H groups in total. The number of alkyl halides is 3. The lowest BCUT2D eigenvalue weighted by Gasteiger charge is -2.23. The van der Waals surface area contributed by atoms with Crippen LogP contribution in [0.5, 0.6) is 11.8 Å². The smallest absolute Gasteiger partial charge is 0.421 e. The van der Waals surface area contributed by atoms with Gasteiger partial charge in [-0.3, -0.25) is 0 Å². The molecule has 0 aliphatic carbocycles. The largest absolute Gasteiger partial charge is 0.497 e. The van der Waals surface area contributed by atoms with Gasteiger partial charge in [0.05, 0.1) is 13.7 Å². The monoisotopic (exact) mass is 355 g/mol. The summed E-state index contributed by atoms with van der Waals surface area (Å²) in [7, 11) is 2.99. The Hall–Kier alpha value is -2.51. The maximum atomic E-state index is 13.3. The number of anilines is 2. The zero-order chi connectivity index (χ0) is 18.4. The summed E-state index contributed by atoms with van der Waals surface area (Å²) in [5.74, 6) is 0.258. The van der Waals surface area contributed by atoms with Crippen LogP contribution in [0.4, 0.5) is 24.7 Å². The molecule has 136 valence electrons. The molecule has 5 nitrogen and oxygen atoms in total. The van der Waals surface area contributed by atoms with Crippen LogP contribution in [-0.4, -0.2) is 30.7 Å². The quantitative estimate of drug-likeness (QED) is 0.687. The Bertz CT molecular complexity index is 708. The first-order chi connectivity index (χ1) is 11.9. The number of ether oxygens (including phenoxy) is 2. The van der Waals surface area contributed by atoms with Crippen LogP contribution >= 0.6 is 0 Å². The number of hydrogen-bond donors (Lipinski definition) is 0. The first-order valence-electron chi connectivity index (χ1n) is 7.81. The summed E-state index contributed by atoms with van der Waals surface area (Å²) in [6.45, 7) is 2.34. The minimum atomic E-state index is -4.58. The topological polar surface area (TPSA) is 47.5 Å². The van der Waals surface area contributed by atoms with Crippen LogP contribution in [-0.2, 0) is 6.18 Å². The predicted molar refractivity (Wildman–Crippen MR) is 88.5 cm³/mol. The second kappa shape index (κ2) is 8.04. The average molecular weight is 355 g/mol. The van der Waals surface area contributed by atoms with Crippen LogP contribution in [0.15, 0.2) is 30.5 Å². The van der Waals surface area contributed by atoms with Gasteiger partial charge in [-0.2, -0.15) is 18.2 Å². The van der Waals surface area contributed by atoms with Crippen LogP contribution in [0.25, 0.3) is 0 Å². The summed E-state index contributed by atoms with van der Waals surface area (Å²) in [6.07, 6.45) is -2.16. The van der Waals surface area contributed by atoms with Crippen LogP contribution in [0.3, 0.4) is 0 Å². The molecule has 1 aromatic heterocycles. The Kier molecular flexibility index (Phi) is 6.06. The second-order valence-corrected chi connectivity index (χ2v) is 5.35. The van der Waals surface area contributed by atoms with Crippen molar-refractivity contribution in [3.05, 3.63) is 36.0 Å². The second-order valence-electron chi connectivity index (χ2n) is 5.35. The fraction of sp³-hybridized carbons (Fsp3) is 0.412. The highest BCUT2D eigenvalue weighted by atomic mass is 19.4. The minimum absolute atomic E-state index is 0.0776. The lowest BCUT2D eigenvalue weighted by molar-refractivity contribution is -0.137. The Morgan fingerprint density at radius 2 is 2.00 bits per heavy atom. The number of benzene rings is 1. The average Bonchev–Trinajstić information content (AvgIpc) is 2.60. The Morgan fingerprint density at radius 3 is 2.64 bits per heavy atom. The van der Waals surface area contributed by atoms with Gasteiger partial charge in [-0.05, 0) is 18.6 Å². The molecule has 0 bridgehead atoms. The number of halogens is 3. The van der Waals surface area contributed by atoms with E-state index in [0.29, 0.717) is 18.0 Å². The van der Waals surface area contributed by atoms with Crippen LogP contribution in [0.1, 0.15) is 25.3 Å². The van der Waals surface area contributed by atoms with Crippen molar-refractivity contribution >= 4 is 11.5 Å².